The Kier molecular flexibility index (Phi) is 4.82. The number of halogens is 2. The predicted octanol–water partition coefficient (Wildman–Crippen LogP) is 1.84. The highest BCUT2D eigenvalue weighted by atomic mass is 79.9. The number of hydrogen-bond donors (Lipinski definition) is 3. The molecule has 102 valence electrons. The Bertz CT molecular complexity index is 530. The standard InChI is InChI=1S/C10H14Br2N2O3S/c1-10(2,15)5-14-18(16,17)9-7(12)3-6(11)4-8(9)13/h3-4,14-15H,5,13H2,1-2H3. The van der Waals surface area contributed by atoms with Crippen molar-refractivity contribution >= 4 is 47.6 Å². The van der Waals surface area contributed by atoms with Crippen molar-refractivity contribution in [2.24, 2.45) is 0 Å². The lowest BCUT2D eigenvalue weighted by atomic mass is 10.1. The number of benzene rings is 1. The van der Waals surface area contributed by atoms with Gasteiger partial charge in [0.05, 0.1) is 11.3 Å². The summed E-state index contributed by atoms with van der Waals surface area (Å²) in [6, 6.07) is 3.10. The summed E-state index contributed by atoms with van der Waals surface area (Å²) in [5.41, 5.74) is 4.70. The van der Waals surface area contributed by atoms with Gasteiger partial charge >= 0.3 is 0 Å². The van der Waals surface area contributed by atoms with E-state index in [2.05, 4.69) is 36.6 Å². The number of nitrogen functional groups attached to an aromatic ring is 1. The SMILES string of the molecule is CC(C)(O)CNS(=O)(=O)c1c(N)cc(Br)cc1Br. The van der Waals surface area contributed by atoms with Gasteiger partial charge in [-0.3, -0.25) is 0 Å². The van der Waals surface area contributed by atoms with E-state index >= 15 is 0 Å². The Balaban J connectivity index is 3.14. The lowest BCUT2D eigenvalue weighted by Crippen LogP contribution is -2.38. The van der Waals surface area contributed by atoms with Crippen LogP contribution in [0.2, 0.25) is 0 Å². The molecule has 1 rings (SSSR count). The third kappa shape index (κ3) is 4.20. The molecule has 0 aliphatic heterocycles. The molecule has 0 heterocycles. The van der Waals surface area contributed by atoms with Gasteiger partial charge in [0, 0.05) is 15.5 Å². The Labute approximate surface area is 123 Å². The van der Waals surface area contributed by atoms with E-state index in [1.54, 1.807) is 6.07 Å². The van der Waals surface area contributed by atoms with Gasteiger partial charge in [-0.05, 0) is 41.9 Å². The molecule has 4 N–H and O–H groups in total. The summed E-state index contributed by atoms with van der Waals surface area (Å²) in [5, 5.41) is 9.53. The predicted molar refractivity (Wildman–Crippen MR) is 77.7 cm³/mol. The molecular weight excluding hydrogens is 388 g/mol. The van der Waals surface area contributed by atoms with Gasteiger partial charge in [-0.2, -0.15) is 0 Å². The summed E-state index contributed by atoms with van der Waals surface area (Å²) in [6.07, 6.45) is 0. The molecule has 0 aliphatic carbocycles. The minimum atomic E-state index is -3.77. The van der Waals surface area contributed by atoms with Crippen molar-refractivity contribution in [1.82, 2.24) is 4.72 Å². The molecule has 0 spiro atoms. The second-order valence-corrected chi connectivity index (χ2v) is 7.92. The molecule has 0 atom stereocenters. The highest BCUT2D eigenvalue weighted by molar-refractivity contribution is 9.11. The van der Waals surface area contributed by atoms with Crippen LogP contribution in [-0.2, 0) is 10.0 Å². The highest BCUT2D eigenvalue weighted by Gasteiger charge is 2.24. The molecule has 0 aromatic heterocycles. The van der Waals surface area contributed by atoms with Crippen molar-refractivity contribution in [3.05, 3.63) is 21.1 Å². The maximum absolute atomic E-state index is 12.1. The number of nitrogens with one attached hydrogen (secondary N) is 1. The van der Waals surface area contributed by atoms with Gasteiger partial charge in [-0.25, -0.2) is 13.1 Å². The second kappa shape index (κ2) is 5.46. The molecule has 0 radical (unpaired) electrons. The van der Waals surface area contributed by atoms with Crippen molar-refractivity contribution in [3.8, 4) is 0 Å². The first-order valence-electron chi connectivity index (χ1n) is 4.99. The van der Waals surface area contributed by atoms with Crippen molar-refractivity contribution in [3.63, 3.8) is 0 Å². The van der Waals surface area contributed by atoms with E-state index in [-0.39, 0.29) is 17.1 Å². The van der Waals surface area contributed by atoms with Crippen LogP contribution in [0.15, 0.2) is 26.0 Å². The van der Waals surface area contributed by atoms with Crippen LogP contribution >= 0.6 is 31.9 Å². The smallest absolute Gasteiger partial charge is 0.243 e. The quantitative estimate of drug-likeness (QED) is 0.671. The van der Waals surface area contributed by atoms with Gasteiger partial charge in [0.15, 0.2) is 0 Å². The van der Waals surface area contributed by atoms with Crippen LogP contribution in [0.3, 0.4) is 0 Å². The second-order valence-electron chi connectivity index (χ2n) is 4.44. The van der Waals surface area contributed by atoms with Gasteiger partial charge in [0.2, 0.25) is 10.0 Å². The number of nitrogens with two attached hydrogens (primary N) is 1. The van der Waals surface area contributed by atoms with Crippen molar-refractivity contribution in [2.45, 2.75) is 24.3 Å². The van der Waals surface area contributed by atoms with Crippen LogP contribution in [0, 0.1) is 0 Å². The Morgan fingerprint density at radius 1 is 1.39 bits per heavy atom. The van der Waals surface area contributed by atoms with Gasteiger partial charge in [-0.15, -0.1) is 0 Å². The van der Waals surface area contributed by atoms with E-state index in [9.17, 15) is 13.5 Å². The fraction of sp³-hybridized carbons (Fsp3) is 0.400. The first-order valence-corrected chi connectivity index (χ1v) is 8.06. The molecule has 0 saturated carbocycles. The molecule has 1 aromatic rings. The molecular formula is C10H14Br2N2O3S. The van der Waals surface area contributed by atoms with Crippen molar-refractivity contribution in [2.75, 3.05) is 12.3 Å². The average molecular weight is 402 g/mol. The molecule has 0 bridgehead atoms. The van der Waals surface area contributed by atoms with E-state index < -0.39 is 15.6 Å². The third-order valence-corrected chi connectivity index (χ3v) is 4.86. The summed E-state index contributed by atoms with van der Waals surface area (Å²) in [7, 11) is -3.77. The summed E-state index contributed by atoms with van der Waals surface area (Å²) in [4.78, 5) is -0.0325. The molecule has 0 amide bonds. The molecule has 18 heavy (non-hydrogen) atoms. The van der Waals surface area contributed by atoms with E-state index in [4.69, 9.17) is 5.73 Å². The van der Waals surface area contributed by atoms with Crippen LogP contribution in [0.1, 0.15) is 13.8 Å². The van der Waals surface area contributed by atoms with Crippen LogP contribution in [0.25, 0.3) is 0 Å². The largest absolute Gasteiger partial charge is 0.398 e. The highest BCUT2D eigenvalue weighted by Crippen LogP contribution is 2.31. The zero-order chi connectivity index (χ0) is 14.1. The van der Waals surface area contributed by atoms with Gasteiger partial charge in [-0.1, -0.05) is 15.9 Å². The molecule has 5 nitrogen and oxygen atoms in total. The Morgan fingerprint density at radius 2 is 1.94 bits per heavy atom. The number of aliphatic hydroxyl groups is 1. The Morgan fingerprint density at radius 3 is 2.39 bits per heavy atom. The summed E-state index contributed by atoms with van der Waals surface area (Å²) in [6.45, 7) is 2.92. The topological polar surface area (TPSA) is 92.4 Å². The van der Waals surface area contributed by atoms with Gasteiger partial charge in [0.1, 0.15) is 4.90 Å². The van der Waals surface area contributed by atoms with Gasteiger partial charge in [0.25, 0.3) is 0 Å². The maximum Gasteiger partial charge on any atom is 0.243 e. The normalized spacial score (nSPS) is 12.7. The lowest BCUT2D eigenvalue weighted by molar-refractivity contribution is 0.0857. The van der Waals surface area contributed by atoms with E-state index in [1.165, 1.54) is 19.9 Å². The lowest BCUT2D eigenvalue weighted by Gasteiger charge is -2.18. The molecule has 0 aliphatic rings. The van der Waals surface area contributed by atoms with Crippen LogP contribution in [0.4, 0.5) is 5.69 Å². The first kappa shape index (κ1) is 15.9. The van der Waals surface area contributed by atoms with Crippen molar-refractivity contribution in [1.29, 1.82) is 0 Å². The third-order valence-electron chi connectivity index (χ3n) is 2.00. The molecule has 0 saturated heterocycles. The molecule has 0 unspecified atom stereocenters. The average Bonchev–Trinajstić information content (AvgIpc) is 2.11. The summed E-state index contributed by atoms with van der Waals surface area (Å²) in [5.74, 6) is 0. The summed E-state index contributed by atoms with van der Waals surface area (Å²) >= 11 is 6.38. The summed E-state index contributed by atoms with van der Waals surface area (Å²) < 4.78 is 27.5. The number of anilines is 1. The van der Waals surface area contributed by atoms with E-state index in [0.29, 0.717) is 8.95 Å². The van der Waals surface area contributed by atoms with Crippen LogP contribution < -0.4 is 10.5 Å². The molecule has 1 aromatic carbocycles. The number of sulfonamides is 1. The fourth-order valence-electron chi connectivity index (χ4n) is 1.21. The zero-order valence-electron chi connectivity index (χ0n) is 9.87. The van der Waals surface area contributed by atoms with Crippen LogP contribution in [-0.4, -0.2) is 25.7 Å². The van der Waals surface area contributed by atoms with E-state index in [1.807, 2.05) is 0 Å². The van der Waals surface area contributed by atoms with Crippen LogP contribution in [0.5, 0.6) is 0 Å². The molecule has 0 fully saturated rings. The molecule has 8 heteroatoms. The maximum atomic E-state index is 12.1. The Hall–Kier alpha value is -0.150. The van der Waals surface area contributed by atoms with Crippen molar-refractivity contribution < 1.29 is 13.5 Å². The zero-order valence-corrected chi connectivity index (χ0v) is 13.9. The number of rotatable bonds is 4. The fourth-order valence-corrected chi connectivity index (χ4v) is 4.48. The van der Waals surface area contributed by atoms with E-state index in [0.717, 1.165) is 0 Å². The number of hydrogen-bond acceptors (Lipinski definition) is 4. The first-order chi connectivity index (χ1) is 8.03. The minimum Gasteiger partial charge on any atom is -0.398 e. The van der Waals surface area contributed by atoms with Gasteiger partial charge < -0.3 is 10.8 Å². The minimum absolute atomic E-state index is 0.0325. The monoisotopic (exact) mass is 400 g/mol.